The molecule has 0 spiro atoms. The Morgan fingerprint density at radius 3 is 2.84 bits per heavy atom. The molecule has 2 aromatic rings. The fourth-order valence-corrected chi connectivity index (χ4v) is 2.41. The van der Waals surface area contributed by atoms with Crippen molar-refractivity contribution in [1.82, 2.24) is 9.55 Å². The van der Waals surface area contributed by atoms with E-state index in [0.29, 0.717) is 30.2 Å². The minimum absolute atomic E-state index is 0.114. The lowest BCUT2D eigenvalue weighted by Crippen LogP contribution is -2.14. The van der Waals surface area contributed by atoms with Crippen molar-refractivity contribution in [2.24, 2.45) is 0 Å². The molecule has 5 heteroatoms. The highest BCUT2D eigenvalue weighted by molar-refractivity contribution is 6.16. The quantitative estimate of drug-likeness (QED) is 0.781. The number of ether oxygens (including phenoxy) is 1. The van der Waals surface area contributed by atoms with Gasteiger partial charge in [-0.1, -0.05) is 0 Å². The first-order chi connectivity index (χ1) is 9.08. The Labute approximate surface area is 117 Å². The molecule has 0 aliphatic carbocycles. The van der Waals surface area contributed by atoms with Crippen molar-refractivity contribution in [1.29, 1.82) is 0 Å². The van der Waals surface area contributed by atoms with Gasteiger partial charge in [-0.3, -0.25) is 0 Å². The van der Waals surface area contributed by atoms with Crippen LogP contribution in [0.25, 0.3) is 11.0 Å². The molecule has 0 fully saturated rings. The van der Waals surface area contributed by atoms with Gasteiger partial charge in [0.05, 0.1) is 29.6 Å². The molecule has 0 radical (unpaired) electrons. The predicted octanol–water partition coefficient (Wildman–Crippen LogP) is 3.82. The van der Waals surface area contributed by atoms with Crippen LogP contribution in [0.1, 0.15) is 31.3 Å². The Morgan fingerprint density at radius 2 is 2.21 bits per heavy atom. The van der Waals surface area contributed by atoms with Gasteiger partial charge in [0.15, 0.2) is 0 Å². The van der Waals surface area contributed by atoms with Gasteiger partial charge in [-0.2, -0.15) is 0 Å². The Kier molecular flexibility index (Phi) is 4.42. The van der Waals surface area contributed by atoms with Crippen molar-refractivity contribution in [3.8, 4) is 0 Å². The number of hydrogen-bond donors (Lipinski definition) is 0. The Morgan fingerprint density at radius 1 is 1.47 bits per heavy atom. The highest BCUT2D eigenvalue weighted by Crippen LogP contribution is 2.25. The van der Waals surface area contributed by atoms with E-state index in [0.717, 1.165) is 11.3 Å². The van der Waals surface area contributed by atoms with E-state index in [4.69, 9.17) is 16.3 Å². The van der Waals surface area contributed by atoms with Crippen LogP contribution in [-0.4, -0.2) is 22.8 Å². The summed E-state index contributed by atoms with van der Waals surface area (Å²) in [6.07, 6.45) is 0. The van der Waals surface area contributed by atoms with Crippen LogP contribution >= 0.6 is 11.6 Å². The number of halogens is 2. The number of nitrogens with zero attached hydrogens (tertiary/aromatic N) is 2. The maximum absolute atomic E-state index is 13.6. The normalized spacial score (nSPS) is 13.1. The number of rotatable bonds is 5. The number of alkyl halides is 1. The fraction of sp³-hybridized carbons (Fsp3) is 0.500. The van der Waals surface area contributed by atoms with Crippen LogP contribution in [0.3, 0.4) is 0 Å². The maximum atomic E-state index is 13.6. The summed E-state index contributed by atoms with van der Waals surface area (Å²) in [6.45, 7) is 7.01. The number of aryl methyl sites for hydroxylation is 1. The minimum atomic E-state index is -0.240. The second-order valence-corrected chi connectivity index (χ2v) is 4.90. The van der Waals surface area contributed by atoms with Crippen LogP contribution in [0.4, 0.5) is 4.39 Å². The van der Waals surface area contributed by atoms with Gasteiger partial charge in [-0.25, -0.2) is 9.37 Å². The molecule has 3 nitrogen and oxygen atoms in total. The van der Waals surface area contributed by atoms with Crippen molar-refractivity contribution in [2.75, 3.05) is 13.2 Å². The molecule has 104 valence electrons. The highest BCUT2D eigenvalue weighted by atomic mass is 35.5. The average molecular weight is 285 g/mol. The summed E-state index contributed by atoms with van der Waals surface area (Å²) in [4.78, 5) is 4.40. The van der Waals surface area contributed by atoms with Crippen molar-refractivity contribution in [2.45, 2.75) is 32.7 Å². The van der Waals surface area contributed by atoms with E-state index in [2.05, 4.69) is 4.98 Å². The topological polar surface area (TPSA) is 27.1 Å². The van der Waals surface area contributed by atoms with Gasteiger partial charge in [0.1, 0.15) is 11.6 Å². The third kappa shape index (κ3) is 2.74. The van der Waals surface area contributed by atoms with Gasteiger partial charge in [0, 0.05) is 12.7 Å². The first kappa shape index (κ1) is 14.3. The molecule has 0 saturated carbocycles. The molecule has 19 heavy (non-hydrogen) atoms. The number of imidazole rings is 1. The zero-order valence-corrected chi connectivity index (χ0v) is 12.2. The molecule has 0 N–H and O–H groups in total. The molecule has 0 bridgehead atoms. The Bertz CT molecular complexity index is 582. The molecule has 1 atom stereocenters. The van der Waals surface area contributed by atoms with E-state index >= 15 is 0 Å². The summed E-state index contributed by atoms with van der Waals surface area (Å²) < 4.78 is 21.1. The van der Waals surface area contributed by atoms with Crippen LogP contribution in [0.2, 0.25) is 0 Å². The number of aromatic nitrogens is 2. The largest absolute Gasteiger partial charge is 0.380 e. The van der Waals surface area contributed by atoms with Gasteiger partial charge in [-0.05, 0) is 32.4 Å². The molecule has 0 aliphatic rings. The van der Waals surface area contributed by atoms with Crippen LogP contribution in [0, 0.1) is 12.7 Å². The van der Waals surface area contributed by atoms with Crippen LogP contribution in [0.5, 0.6) is 0 Å². The second-order valence-electron chi connectivity index (χ2n) is 4.63. The van der Waals surface area contributed by atoms with E-state index in [-0.39, 0.29) is 11.9 Å². The molecule has 1 unspecified atom stereocenters. The number of benzene rings is 1. The molecule has 1 aromatic carbocycles. The SMILES string of the molecule is CCOCC(C)n1c(CCl)nc2cc(F)c(C)cc21. The predicted molar refractivity (Wildman–Crippen MR) is 75.2 cm³/mol. The van der Waals surface area contributed by atoms with E-state index in [1.165, 1.54) is 6.07 Å². The van der Waals surface area contributed by atoms with Gasteiger partial charge in [0.25, 0.3) is 0 Å². The molecule has 0 aliphatic heterocycles. The standard InChI is InChI=1S/C14H18ClFN2O/c1-4-19-8-10(3)18-13-5-9(2)11(16)6-12(13)17-14(18)7-15/h5-6,10H,4,7-8H2,1-3H3. The average Bonchev–Trinajstić information content (AvgIpc) is 2.74. The summed E-state index contributed by atoms with van der Waals surface area (Å²) >= 11 is 5.94. The van der Waals surface area contributed by atoms with Gasteiger partial charge < -0.3 is 9.30 Å². The molecule has 0 saturated heterocycles. The Balaban J connectivity index is 2.53. The van der Waals surface area contributed by atoms with E-state index in [9.17, 15) is 4.39 Å². The molecule has 1 aromatic heterocycles. The van der Waals surface area contributed by atoms with Crippen molar-refractivity contribution >= 4 is 22.6 Å². The minimum Gasteiger partial charge on any atom is -0.380 e. The smallest absolute Gasteiger partial charge is 0.128 e. The zero-order chi connectivity index (χ0) is 14.0. The van der Waals surface area contributed by atoms with E-state index in [1.54, 1.807) is 6.92 Å². The van der Waals surface area contributed by atoms with E-state index < -0.39 is 0 Å². The molecule has 2 rings (SSSR count). The summed E-state index contributed by atoms with van der Waals surface area (Å²) in [5, 5.41) is 0. The third-order valence-electron chi connectivity index (χ3n) is 3.17. The lowest BCUT2D eigenvalue weighted by molar-refractivity contribution is 0.119. The highest BCUT2D eigenvalue weighted by Gasteiger charge is 2.16. The number of hydrogen-bond acceptors (Lipinski definition) is 2. The van der Waals surface area contributed by atoms with Crippen LogP contribution in [-0.2, 0) is 10.6 Å². The second kappa shape index (κ2) is 5.88. The summed E-state index contributed by atoms with van der Waals surface area (Å²) in [5.41, 5.74) is 2.15. The zero-order valence-electron chi connectivity index (χ0n) is 11.4. The van der Waals surface area contributed by atoms with Crippen molar-refractivity contribution in [3.63, 3.8) is 0 Å². The lowest BCUT2D eigenvalue weighted by atomic mass is 10.2. The Hall–Kier alpha value is -1.13. The summed E-state index contributed by atoms with van der Waals surface area (Å²) in [6, 6.07) is 3.39. The molecular formula is C14H18ClFN2O. The lowest BCUT2D eigenvalue weighted by Gasteiger charge is -2.17. The maximum Gasteiger partial charge on any atom is 0.128 e. The third-order valence-corrected chi connectivity index (χ3v) is 3.41. The fourth-order valence-electron chi connectivity index (χ4n) is 2.22. The first-order valence-corrected chi connectivity index (χ1v) is 6.92. The van der Waals surface area contributed by atoms with Gasteiger partial charge >= 0.3 is 0 Å². The van der Waals surface area contributed by atoms with Gasteiger partial charge in [0.2, 0.25) is 0 Å². The van der Waals surface area contributed by atoms with Crippen molar-refractivity contribution in [3.05, 3.63) is 29.3 Å². The summed E-state index contributed by atoms with van der Waals surface area (Å²) in [7, 11) is 0. The molecular weight excluding hydrogens is 267 g/mol. The van der Waals surface area contributed by atoms with Crippen LogP contribution < -0.4 is 0 Å². The van der Waals surface area contributed by atoms with Crippen LogP contribution in [0.15, 0.2) is 12.1 Å². The number of fused-ring (bicyclic) bond motifs is 1. The molecule has 0 amide bonds. The van der Waals surface area contributed by atoms with E-state index in [1.807, 2.05) is 24.5 Å². The van der Waals surface area contributed by atoms with Crippen molar-refractivity contribution < 1.29 is 9.13 Å². The summed E-state index contributed by atoms with van der Waals surface area (Å²) in [5.74, 6) is 0.802. The van der Waals surface area contributed by atoms with Gasteiger partial charge in [-0.15, -0.1) is 11.6 Å². The molecule has 1 heterocycles. The monoisotopic (exact) mass is 284 g/mol. The first-order valence-electron chi connectivity index (χ1n) is 6.39.